The van der Waals surface area contributed by atoms with Crippen LogP contribution in [0.25, 0.3) is 97.8 Å². The second-order valence-electron chi connectivity index (χ2n) is 12.4. The average molecular weight is 642 g/mol. The van der Waals surface area contributed by atoms with Crippen molar-refractivity contribution in [2.24, 2.45) is 0 Å². The molecule has 228 valence electrons. The first-order valence-corrected chi connectivity index (χ1v) is 17.3. The Morgan fingerprint density at radius 1 is 0.306 bits per heavy atom. The van der Waals surface area contributed by atoms with Crippen molar-refractivity contribution in [2.75, 3.05) is 0 Å². The van der Waals surface area contributed by atoms with Gasteiger partial charge in [0.05, 0.1) is 0 Å². The Morgan fingerprint density at radius 2 is 0.816 bits per heavy atom. The monoisotopic (exact) mass is 641 g/mol. The van der Waals surface area contributed by atoms with E-state index in [0.29, 0.717) is 17.5 Å². The summed E-state index contributed by atoms with van der Waals surface area (Å²) in [4.78, 5) is 15.3. The summed E-state index contributed by atoms with van der Waals surface area (Å²) in [5.74, 6) is 1.98. The fourth-order valence-corrected chi connectivity index (χ4v) is 8.36. The Kier molecular flexibility index (Phi) is 6.36. The highest BCUT2D eigenvalue weighted by molar-refractivity contribution is 7.25. The summed E-state index contributed by atoms with van der Waals surface area (Å²) in [6.07, 6.45) is 0. The van der Waals surface area contributed by atoms with E-state index in [4.69, 9.17) is 15.0 Å². The van der Waals surface area contributed by atoms with Gasteiger partial charge >= 0.3 is 0 Å². The lowest BCUT2D eigenvalue weighted by Crippen LogP contribution is -2.00. The molecular weight excluding hydrogens is 615 g/mol. The molecule has 10 aromatic rings. The van der Waals surface area contributed by atoms with Crippen molar-refractivity contribution >= 4 is 63.8 Å². The fraction of sp³-hybridized carbons (Fsp3) is 0. The van der Waals surface area contributed by atoms with Crippen molar-refractivity contribution < 1.29 is 0 Å². The van der Waals surface area contributed by atoms with Crippen molar-refractivity contribution in [1.82, 2.24) is 15.0 Å². The molecule has 0 radical (unpaired) electrons. The van der Waals surface area contributed by atoms with Gasteiger partial charge in [-0.15, -0.1) is 11.3 Å². The second-order valence-corrected chi connectivity index (χ2v) is 13.5. The molecule has 0 aliphatic rings. The second kappa shape index (κ2) is 11.2. The molecule has 0 aliphatic heterocycles. The van der Waals surface area contributed by atoms with Crippen LogP contribution in [0.1, 0.15) is 0 Å². The first-order chi connectivity index (χ1) is 24.3. The average Bonchev–Trinajstić information content (AvgIpc) is 3.57. The molecule has 49 heavy (non-hydrogen) atoms. The minimum absolute atomic E-state index is 0.652. The Balaban J connectivity index is 1.16. The van der Waals surface area contributed by atoms with Crippen molar-refractivity contribution in [3.63, 3.8) is 0 Å². The van der Waals surface area contributed by atoms with E-state index in [1.165, 1.54) is 52.5 Å². The molecule has 0 N–H and O–H groups in total. The number of hydrogen-bond acceptors (Lipinski definition) is 4. The van der Waals surface area contributed by atoms with Gasteiger partial charge in [0.2, 0.25) is 0 Å². The molecule has 10 rings (SSSR count). The van der Waals surface area contributed by atoms with Crippen LogP contribution in [0.3, 0.4) is 0 Å². The molecule has 0 unspecified atom stereocenters. The van der Waals surface area contributed by atoms with Crippen LogP contribution in [-0.2, 0) is 0 Å². The summed E-state index contributed by atoms with van der Waals surface area (Å²) in [5, 5.41) is 10.0. The van der Waals surface area contributed by atoms with Gasteiger partial charge < -0.3 is 0 Å². The van der Waals surface area contributed by atoms with Gasteiger partial charge in [0, 0.05) is 36.9 Å². The third-order valence-corrected chi connectivity index (χ3v) is 10.6. The number of thiophene rings is 1. The molecule has 3 nitrogen and oxygen atoms in total. The number of benzene rings is 8. The SMILES string of the molecule is c1ccc(-c2nc(-c3cccc(-c4ccc5c6ccccc6c6ccccc6c5c4)c3)nc(-c3cccc4sc5ccccc5c34)n2)cc1. The highest BCUT2D eigenvalue weighted by atomic mass is 32.1. The van der Waals surface area contributed by atoms with E-state index in [2.05, 4.69) is 146 Å². The minimum atomic E-state index is 0.652. The van der Waals surface area contributed by atoms with Crippen LogP contribution in [0.5, 0.6) is 0 Å². The van der Waals surface area contributed by atoms with Crippen LogP contribution in [-0.4, -0.2) is 15.0 Å². The Hall–Kier alpha value is -6.23. The zero-order valence-corrected chi connectivity index (χ0v) is 27.2. The molecule has 8 aromatic carbocycles. The van der Waals surface area contributed by atoms with Gasteiger partial charge in [-0.1, -0.05) is 140 Å². The molecule has 0 spiro atoms. The topological polar surface area (TPSA) is 38.7 Å². The van der Waals surface area contributed by atoms with Crippen LogP contribution >= 0.6 is 11.3 Å². The lowest BCUT2D eigenvalue weighted by atomic mass is 9.92. The van der Waals surface area contributed by atoms with Crippen molar-refractivity contribution in [3.05, 3.63) is 164 Å². The molecule has 0 atom stereocenters. The molecule has 0 saturated carbocycles. The first kappa shape index (κ1) is 27.8. The molecule has 4 heteroatoms. The van der Waals surface area contributed by atoms with Crippen LogP contribution in [0, 0.1) is 0 Å². The predicted molar refractivity (Wildman–Crippen MR) is 207 cm³/mol. The van der Waals surface area contributed by atoms with Crippen molar-refractivity contribution in [1.29, 1.82) is 0 Å². The fourth-order valence-electron chi connectivity index (χ4n) is 7.23. The van der Waals surface area contributed by atoms with Crippen molar-refractivity contribution in [3.8, 4) is 45.3 Å². The van der Waals surface area contributed by atoms with Gasteiger partial charge in [0.25, 0.3) is 0 Å². The van der Waals surface area contributed by atoms with Crippen LogP contribution < -0.4 is 0 Å². The van der Waals surface area contributed by atoms with E-state index < -0.39 is 0 Å². The van der Waals surface area contributed by atoms with Gasteiger partial charge in [0.1, 0.15) is 0 Å². The number of nitrogens with zero attached hydrogens (tertiary/aromatic N) is 3. The number of rotatable bonds is 4. The smallest absolute Gasteiger partial charge is 0.164 e. The summed E-state index contributed by atoms with van der Waals surface area (Å²) in [5.41, 5.74) is 5.19. The molecule has 0 bridgehead atoms. The van der Waals surface area contributed by atoms with E-state index in [9.17, 15) is 0 Å². The Bertz CT molecular complexity index is 2860. The molecule has 0 fully saturated rings. The normalized spacial score (nSPS) is 11.7. The van der Waals surface area contributed by atoms with Gasteiger partial charge in [-0.2, -0.15) is 0 Å². The summed E-state index contributed by atoms with van der Waals surface area (Å²) < 4.78 is 2.48. The van der Waals surface area contributed by atoms with Crippen LogP contribution in [0.15, 0.2) is 164 Å². The first-order valence-electron chi connectivity index (χ1n) is 16.4. The predicted octanol–water partition coefficient (Wildman–Crippen LogP) is 12.4. The molecule has 0 aliphatic carbocycles. The largest absolute Gasteiger partial charge is 0.208 e. The third-order valence-electron chi connectivity index (χ3n) is 9.51. The molecule has 0 saturated heterocycles. The van der Waals surface area contributed by atoms with Gasteiger partial charge in [-0.05, 0) is 67.7 Å². The summed E-state index contributed by atoms with van der Waals surface area (Å²) >= 11 is 1.80. The van der Waals surface area contributed by atoms with E-state index >= 15 is 0 Å². The maximum absolute atomic E-state index is 5.18. The number of hydrogen-bond donors (Lipinski definition) is 0. The summed E-state index contributed by atoms with van der Waals surface area (Å²) in [6, 6.07) is 58.0. The van der Waals surface area contributed by atoms with Gasteiger partial charge in [-0.25, -0.2) is 15.0 Å². The number of fused-ring (bicyclic) bond motifs is 9. The number of aromatic nitrogens is 3. The van der Waals surface area contributed by atoms with Gasteiger partial charge in [0.15, 0.2) is 17.5 Å². The van der Waals surface area contributed by atoms with Crippen LogP contribution in [0.2, 0.25) is 0 Å². The molecule has 2 heterocycles. The van der Waals surface area contributed by atoms with E-state index in [-0.39, 0.29) is 0 Å². The highest BCUT2D eigenvalue weighted by Gasteiger charge is 2.17. The lowest BCUT2D eigenvalue weighted by molar-refractivity contribution is 1.08. The third kappa shape index (κ3) is 4.61. The Labute approximate surface area is 286 Å². The van der Waals surface area contributed by atoms with E-state index in [0.717, 1.165) is 27.8 Å². The maximum atomic E-state index is 5.18. The zero-order chi connectivity index (χ0) is 32.3. The van der Waals surface area contributed by atoms with Crippen LogP contribution in [0.4, 0.5) is 0 Å². The standard InChI is InChI=1S/C45H27N3S/c1-2-12-28(13-3-1)43-46-44(48-45(47-43)38-21-11-23-41-42(38)37-20-8-9-22-40(37)49-41)31-15-10-14-29(26-31)30-24-25-36-34-18-5-4-16-32(34)33-17-6-7-19-35(33)39(36)27-30/h1-27H. The van der Waals surface area contributed by atoms with Gasteiger partial charge in [-0.3, -0.25) is 0 Å². The van der Waals surface area contributed by atoms with E-state index in [1.54, 1.807) is 11.3 Å². The van der Waals surface area contributed by atoms with Crippen molar-refractivity contribution in [2.45, 2.75) is 0 Å². The highest BCUT2D eigenvalue weighted by Crippen LogP contribution is 2.40. The summed E-state index contributed by atoms with van der Waals surface area (Å²) in [7, 11) is 0. The molecule has 2 aromatic heterocycles. The minimum Gasteiger partial charge on any atom is -0.208 e. The lowest BCUT2D eigenvalue weighted by Gasteiger charge is -2.13. The molecule has 0 amide bonds. The zero-order valence-electron chi connectivity index (χ0n) is 26.3. The Morgan fingerprint density at radius 3 is 1.57 bits per heavy atom. The van der Waals surface area contributed by atoms with E-state index in [1.807, 2.05) is 18.2 Å². The molecular formula is C45H27N3S. The quantitative estimate of drug-likeness (QED) is 0.180. The summed E-state index contributed by atoms with van der Waals surface area (Å²) in [6.45, 7) is 0. The maximum Gasteiger partial charge on any atom is 0.164 e.